The Morgan fingerprint density at radius 1 is 1.10 bits per heavy atom. The molecule has 31 heavy (non-hydrogen) atoms. The molecule has 2 aromatic carbocycles. The summed E-state index contributed by atoms with van der Waals surface area (Å²) < 4.78 is 27.5. The summed E-state index contributed by atoms with van der Waals surface area (Å²) in [4.78, 5) is 17.8. The third-order valence-corrected chi connectivity index (χ3v) is 8.22. The highest BCUT2D eigenvalue weighted by Gasteiger charge is 2.39. The number of rotatable bonds is 5. The van der Waals surface area contributed by atoms with E-state index in [9.17, 15) is 13.2 Å². The zero-order chi connectivity index (χ0) is 22.2. The number of thiazole rings is 1. The summed E-state index contributed by atoms with van der Waals surface area (Å²) in [6.45, 7) is 6.29. The Hall–Kier alpha value is -2.55. The van der Waals surface area contributed by atoms with Gasteiger partial charge in [0.05, 0.1) is 10.6 Å². The maximum absolute atomic E-state index is 13.1. The fourth-order valence-electron chi connectivity index (χ4n) is 3.79. The van der Waals surface area contributed by atoms with Crippen LogP contribution >= 0.6 is 11.3 Å². The van der Waals surface area contributed by atoms with Crippen molar-refractivity contribution in [2.75, 3.05) is 11.9 Å². The molecule has 1 N–H and O–H groups in total. The van der Waals surface area contributed by atoms with Crippen molar-refractivity contribution < 1.29 is 13.2 Å². The van der Waals surface area contributed by atoms with Crippen molar-refractivity contribution in [1.82, 2.24) is 9.29 Å². The Morgan fingerprint density at radius 3 is 2.55 bits per heavy atom. The van der Waals surface area contributed by atoms with Crippen LogP contribution in [0.5, 0.6) is 0 Å². The Bertz CT molecular complexity index is 1220. The number of hydrogen-bond donors (Lipinski definition) is 1. The number of carbonyl (C=O) groups is 1. The second kappa shape index (κ2) is 8.53. The highest BCUT2D eigenvalue weighted by atomic mass is 32.2. The molecule has 1 aliphatic rings. The second-order valence-electron chi connectivity index (χ2n) is 7.93. The first-order chi connectivity index (χ1) is 14.8. The molecule has 0 radical (unpaired) electrons. The lowest BCUT2D eigenvalue weighted by Gasteiger charge is -2.23. The SMILES string of the molecule is Cc1ccc(S(=O)(=O)N2CCCC2C(=O)Nc2nc(-c3cc(C)ccc3C)cs2)cc1. The fraction of sp³-hybridized carbons (Fsp3) is 0.304. The normalized spacial score (nSPS) is 17.1. The molecule has 8 heteroatoms. The molecule has 1 saturated heterocycles. The summed E-state index contributed by atoms with van der Waals surface area (Å²) >= 11 is 1.34. The van der Waals surface area contributed by atoms with Gasteiger partial charge in [-0.25, -0.2) is 13.4 Å². The number of aromatic nitrogens is 1. The van der Waals surface area contributed by atoms with Gasteiger partial charge in [0.25, 0.3) is 0 Å². The van der Waals surface area contributed by atoms with Crippen molar-refractivity contribution in [2.45, 2.75) is 44.6 Å². The lowest BCUT2D eigenvalue weighted by molar-refractivity contribution is -0.119. The third-order valence-electron chi connectivity index (χ3n) is 5.54. The van der Waals surface area contributed by atoms with Crippen LogP contribution in [0.4, 0.5) is 5.13 Å². The molecule has 0 bridgehead atoms. The summed E-state index contributed by atoms with van der Waals surface area (Å²) in [6.07, 6.45) is 1.14. The number of hydrogen-bond acceptors (Lipinski definition) is 5. The van der Waals surface area contributed by atoms with Gasteiger partial charge in [-0.05, 0) is 57.4 Å². The van der Waals surface area contributed by atoms with Crippen LogP contribution in [0.2, 0.25) is 0 Å². The molecule has 1 unspecified atom stereocenters. The minimum atomic E-state index is -3.73. The maximum atomic E-state index is 13.1. The Kier molecular flexibility index (Phi) is 5.96. The molecule has 1 aromatic heterocycles. The summed E-state index contributed by atoms with van der Waals surface area (Å²) in [6, 6.07) is 12.2. The fourth-order valence-corrected chi connectivity index (χ4v) is 6.16. The van der Waals surface area contributed by atoms with Gasteiger partial charge in [0.15, 0.2) is 5.13 Å². The molecule has 1 atom stereocenters. The first-order valence-corrected chi connectivity index (χ1v) is 12.5. The van der Waals surface area contributed by atoms with E-state index in [0.29, 0.717) is 24.5 Å². The molecular formula is C23H25N3O3S2. The number of nitrogens with zero attached hydrogens (tertiary/aromatic N) is 2. The standard InChI is InChI=1S/C23H25N3O3S2/c1-15-7-10-18(11-8-15)31(28,29)26-12-4-5-21(26)22(27)25-23-24-20(14-30-23)19-13-16(2)6-9-17(19)3/h6-11,13-14,21H,4-5,12H2,1-3H3,(H,24,25,27). The molecule has 0 saturated carbocycles. The first-order valence-electron chi connectivity index (χ1n) is 10.2. The van der Waals surface area contributed by atoms with Gasteiger partial charge >= 0.3 is 0 Å². The average molecular weight is 456 g/mol. The Balaban J connectivity index is 1.53. The van der Waals surface area contributed by atoms with E-state index in [0.717, 1.165) is 27.9 Å². The first kappa shape index (κ1) is 21.7. The number of amides is 1. The number of carbonyl (C=O) groups excluding carboxylic acids is 1. The summed E-state index contributed by atoms with van der Waals surface area (Å²) in [5, 5.41) is 5.22. The predicted molar refractivity (Wildman–Crippen MR) is 124 cm³/mol. The average Bonchev–Trinajstić information content (AvgIpc) is 3.40. The van der Waals surface area contributed by atoms with Crippen LogP contribution in [0, 0.1) is 20.8 Å². The molecule has 4 rings (SSSR count). The topological polar surface area (TPSA) is 79.4 Å². The quantitative estimate of drug-likeness (QED) is 0.613. The number of aryl methyl sites for hydroxylation is 3. The smallest absolute Gasteiger partial charge is 0.244 e. The highest BCUT2D eigenvalue weighted by Crippen LogP contribution is 2.30. The molecule has 1 fully saturated rings. The van der Waals surface area contributed by atoms with E-state index in [1.54, 1.807) is 24.3 Å². The highest BCUT2D eigenvalue weighted by molar-refractivity contribution is 7.89. The van der Waals surface area contributed by atoms with Crippen molar-refractivity contribution in [3.05, 3.63) is 64.5 Å². The van der Waals surface area contributed by atoms with Gasteiger partial charge in [-0.1, -0.05) is 35.4 Å². The number of nitrogens with one attached hydrogen (secondary N) is 1. The van der Waals surface area contributed by atoms with Crippen molar-refractivity contribution in [3.63, 3.8) is 0 Å². The van der Waals surface area contributed by atoms with Gasteiger partial charge in [-0.2, -0.15) is 4.31 Å². The van der Waals surface area contributed by atoms with Crippen molar-refractivity contribution in [3.8, 4) is 11.3 Å². The third kappa shape index (κ3) is 4.42. The van der Waals surface area contributed by atoms with Crippen molar-refractivity contribution >= 4 is 32.4 Å². The van der Waals surface area contributed by atoms with Gasteiger partial charge in [0.2, 0.25) is 15.9 Å². The number of benzene rings is 2. The lowest BCUT2D eigenvalue weighted by Crippen LogP contribution is -2.43. The molecule has 0 aliphatic carbocycles. The van der Waals surface area contributed by atoms with E-state index in [2.05, 4.69) is 28.5 Å². The van der Waals surface area contributed by atoms with E-state index in [1.807, 2.05) is 26.2 Å². The van der Waals surface area contributed by atoms with Crippen LogP contribution in [0.15, 0.2) is 52.7 Å². The van der Waals surface area contributed by atoms with Gasteiger partial charge in [0, 0.05) is 17.5 Å². The Labute approximate surface area is 187 Å². The monoisotopic (exact) mass is 455 g/mol. The predicted octanol–water partition coefficient (Wildman–Crippen LogP) is 4.53. The van der Waals surface area contributed by atoms with Crippen molar-refractivity contribution in [1.29, 1.82) is 0 Å². The molecule has 0 spiro atoms. The molecule has 3 aromatic rings. The van der Waals surface area contributed by atoms with E-state index >= 15 is 0 Å². The molecule has 6 nitrogen and oxygen atoms in total. The van der Waals surface area contributed by atoms with Crippen LogP contribution < -0.4 is 5.32 Å². The van der Waals surface area contributed by atoms with E-state index in [1.165, 1.54) is 15.6 Å². The van der Waals surface area contributed by atoms with Crippen LogP contribution in [0.25, 0.3) is 11.3 Å². The molecule has 1 aliphatic heterocycles. The molecule has 2 heterocycles. The minimum absolute atomic E-state index is 0.212. The molecule has 162 valence electrons. The van der Waals surface area contributed by atoms with Crippen LogP contribution in [0.3, 0.4) is 0 Å². The van der Waals surface area contributed by atoms with E-state index < -0.39 is 16.1 Å². The molecule has 1 amide bonds. The van der Waals surface area contributed by atoms with Crippen molar-refractivity contribution in [2.24, 2.45) is 0 Å². The largest absolute Gasteiger partial charge is 0.301 e. The van der Waals surface area contributed by atoms with Crippen LogP contribution in [-0.4, -0.2) is 36.2 Å². The second-order valence-corrected chi connectivity index (χ2v) is 10.7. The van der Waals surface area contributed by atoms with Gasteiger partial charge in [0.1, 0.15) is 6.04 Å². The van der Waals surface area contributed by atoms with Crippen LogP contribution in [-0.2, 0) is 14.8 Å². The Morgan fingerprint density at radius 2 is 1.81 bits per heavy atom. The number of sulfonamides is 1. The maximum Gasteiger partial charge on any atom is 0.244 e. The van der Waals surface area contributed by atoms with Gasteiger partial charge in [-0.3, -0.25) is 4.79 Å². The zero-order valence-electron chi connectivity index (χ0n) is 17.8. The minimum Gasteiger partial charge on any atom is -0.301 e. The zero-order valence-corrected chi connectivity index (χ0v) is 19.4. The van der Waals surface area contributed by atoms with Crippen LogP contribution in [0.1, 0.15) is 29.5 Å². The van der Waals surface area contributed by atoms with Gasteiger partial charge in [-0.15, -0.1) is 11.3 Å². The summed E-state index contributed by atoms with van der Waals surface area (Å²) in [5.74, 6) is -0.338. The summed E-state index contributed by atoms with van der Waals surface area (Å²) in [7, 11) is -3.73. The summed E-state index contributed by atoms with van der Waals surface area (Å²) in [5.41, 5.74) is 5.07. The molecular weight excluding hydrogens is 430 g/mol. The van der Waals surface area contributed by atoms with Gasteiger partial charge < -0.3 is 5.32 Å². The number of anilines is 1. The van der Waals surface area contributed by atoms with E-state index in [-0.39, 0.29) is 10.8 Å². The lowest BCUT2D eigenvalue weighted by atomic mass is 10.0. The van der Waals surface area contributed by atoms with E-state index in [4.69, 9.17) is 0 Å².